The predicted molar refractivity (Wildman–Crippen MR) is 78.0 cm³/mol. The van der Waals surface area contributed by atoms with Crippen molar-refractivity contribution in [2.75, 3.05) is 6.54 Å². The van der Waals surface area contributed by atoms with Crippen LogP contribution in [-0.4, -0.2) is 6.54 Å². The molecule has 2 rings (SSSR count). The zero-order valence-electron chi connectivity index (χ0n) is 11.7. The Morgan fingerprint density at radius 2 is 1.67 bits per heavy atom. The molecule has 5 heteroatoms. The third-order valence-corrected chi connectivity index (χ3v) is 3.36. The van der Waals surface area contributed by atoms with Gasteiger partial charge in [0.05, 0.1) is 6.04 Å². The Hall–Kier alpha value is -1.52. The molecule has 0 fully saturated rings. The van der Waals surface area contributed by atoms with Crippen LogP contribution < -0.4 is 5.32 Å². The Labute approximate surface area is 126 Å². The van der Waals surface area contributed by atoms with E-state index in [9.17, 15) is 13.2 Å². The lowest BCUT2D eigenvalue weighted by atomic mass is 9.96. The summed E-state index contributed by atoms with van der Waals surface area (Å²) < 4.78 is 41.1. The Kier molecular flexibility index (Phi) is 4.91. The van der Waals surface area contributed by atoms with Gasteiger partial charge in [0.15, 0.2) is 0 Å². The molecule has 0 amide bonds. The van der Waals surface area contributed by atoms with Crippen LogP contribution in [0.5, 0.6) is 0 Å². The number of halogens is 4. The molecular weight excluding hydrogens is 299 g/mol. The fraction of sp³-hybridized carbons (Fsp3) is 0.250. The van der Waals surface area contributed by atoms with Crippen molar-refractivity contribution in [2.24, 2.45) is 0 Å². The fourth-order valence-electron chi connectivity index (χ4n) is 2.35. The van der Waals surface area contributed by atoms with Crippen molar-refractivity contribution in [3.05, 3.63) is 69.5 Å². The second kappa shape index (κ2) is 6.50. The van der Waals surface area contributed by atoms with Crippen molar-refractivity contribution in [1.82, 2.24) is 5.32 Å². The minimum Gasteiger partial charge on any atom is -0.306 e. The molecule has 0 bridgehead atoms. The van der Waals surface area contributed by atoms with Gasteiger partial charge in [0, 0.05) is 22.7 Å². The Morgan fingerprint density at radius 1 is 1.05 bits per heavy atom. The zero-order valence-corrected chi connectivity index (χ0v) is 12.4. The standard InChI is InChI=1S/C16H15ClF3N/c1-3-21-16(10-4-9(2)5-11(17)6-10)15-13(19)7-12(18)8-14(15)20/h4-8,16,21H,3H2,1-2H3. The smallest absolute Gasteiger partial charge is 0.134 e. The van der Waals surface area contributed by atoms with Crippen molar-refractivity contribution in [2.45, 2.75) is 19.9 Å². The highest BCUT2D eigenvalue weighted by atomic mass is 35.5. The first kappa shape index (κ1) is 15.9. The van der Waals surface area contributed by atoms with Gasteiger partial charge < -0.3 is 5.32 Å². The van der Waals surface area contributed by atoms with Crippen LogP contribution in [0.25, 0.3) is 0 Å². The van der Waals surface area contributed by atoms with Gasteiger partial charge in [-0.05, 0) is 36.7 Å². The molecule has 0 radical (unpaired) electrons. The molecule has 0 heterocycles. The highest BCUT2D eigenvalue weighted by molar-refractivity contribution is 6.30. The summed E-state index contributed by atoms with van der Waals surface area (Å²) in [6.07, 6.45) is 0. The van der Waals surface area contributed by atoms with E-state index in [2.05, 4.69) is 5.32 Å². The summed E-state index contributed by atoms with van der Waals surface area (Å²) in [5, 5.41) is 3.49. The zero-order chi connectivity index (χ0) is 15.6. The summed E-state index contributed by atoms with van der Waals surface area (Å²) in [7, 11) is 0. The number of nitrogens with one attached hydrogen (secondary N) is 1. The highest BCUT2D eigenvalue weighted by Crippen LogP contribution is 2.30. The summed E-state index contributed by atoms with van der Waals surface area (Å²) in [5.74, 6) is -2.78. The first-order valence-corrected chi connectivity index (χ1v) is 6.95. The van der Waals surface area contributed by atoms with E-state index >= 15 is 0 Å². The summed E-state index contributed by atoms with van der Waals surface area (Å²) in [6, 6.07) is 5.82. The highest BCUT2D eigenvalue weighted by Gasteiger charge is 2.23. The lowest BCUT2D eigenvalue weighted by Crippen LogP contribution is -2.24. The molecule has 0 aliphatic carbocycles. The lowest BCUT2D eigenvalue weighted by molar-refractivity contribution is 0.492. The van der Waals surface area contributed by atoms with E-state index < -0.39 is 23.5 Å². The first-order valence-electron chi connectivity index (χ1n) is 6.57. The molecule has 1 nitrogen and oxygen atoms in total. The Morgan fingerprint density at radius 3 is 2.19 bits per heavy atom. The lowest BCUT2D eigenvalue weighted by Gasteiger charge is -2.21. The molecule has 1 unspecified atom stereocenters. The quantitative estimate of drug-likeness (QED) is 0.857. The van der Waals surface area contributed by atoms with E-state index in [1.807, 2.05) is 13.8 Å². The van der Waals surface area contributed by atoms with Crippen LogP contribution in [0.15, 0.2) is 30.3 Å². The minimum atomic E-state index is -0.939. The van der Waals surface area contributed by atoms with Crippen LogP contribution in [0.3, 0.4) is 0 Å². The van der Waals surface area contributed by atoms with Crippen LogP contribution in [0.2, 0.25) is 5.02 Å². The third-order valence-electron chi connectivity index (χ3n) is 3.14. The molecule has 0 saturated carbocycles. The maximum Gasteiger partial charge on any atom is 0.134 e. The third kappa shape index (κ3) is 3.57. The summed E-state index contributed by atoms with van der Waals surface area (Å²) in [6.45, 7) is 4.16. The van der Waals surface area contributed by atoms with Gasteiger partial charge >= 0.3 is 0 Å². The monoisotopic (exact) mass is 313 g/mol. The van der Waals surface area contributed by atoms with E-state index in [-0.39, 0.29) is 5.56 Å². The van der Waals surface area contributed by atoms with Gasteiger partial charge in [-0.15, -0.1) is 0 Å². The molecule has 1 N–H and O–H groups in total. The van der Waals surface area contributed by atoms with E-state index in [1.165, 1.54) is 0 Å². The van der Waals surface area contributed by atoms with Crippen LogP contribution >= 0.6 is 11.6 Å². The van der Waals surface area contributed by atoms with Crippen molar-refractivity contribution < 1.29 is 13.2 Å². The molecule has 0 aliphatic rings. The molecule has 21 heavy (non-hydrogen) atoms. The maximum absolute atomic E-state index is 14.0. The Balaban J connectivity index is 2.58. The molecule has 112 valence electrons. The van der Waals surface area contributed by atoms with Crippen LogP contribution in [0.1, 0.15) is 29.7 Å². The SMILES string of the molecule is CCNC(c1cc(C)cc(Cl)c1)c1c(F)cc(F)cc1F. The second-order valence-electron chi connectivity index (χ2n) is 4.84. The largest absolute Gasteiger partial charge is 0.306 e. The molecule has 0 saturated heterocycles. The molecule has 2 aromatic rings. The van der Waals surface area contributed by atoms with E-state index in [1.54, 1.807) is 18.2 Å². The van der Waals surface area contributed by atoms with Gasteiger partial charge in [0.2, 0.25) is 0 Å². The maximum atomic E-state index is 14.0. The van der Waals surface area contributed by atoms with Gasteiger partial charge in [-0.1, -0.05) is 24.6 Å². The number of hydrogen-bond donors (Lipinski definition) is 1. The normalized spacial score (nSPS) is 12.5. The molecule has 2 aromatic carbocycles. The predicted octanol–water partition coefficient (Wildman–Crippen LogP) is 4.76. The van der Waals surface area contributed by atoms with Gasteiger partial charge in [0.25, 0.3) is 0 Å². The molecule has 0 aromatic heterocycles. The number of aryl methyl sites for hydroxylation is 1. The van der Waals surface area contributed by atoms with E-state index in [0.717, 1.165) is 5.56 Å². The molecule has 0 spiro atoms. The molecule has 1 atom stereocenters. The average molecular weight is 314 g/mol. The number of benzene rings is 2. The number of rotatable bonds is 4. The van der Waals surface area contributed by atoms with Gasteiger partial charge in [0.1, 0.15) is 17.5 Å². The van der Waals surface area contributed by atoms with Crippen LogP contribution in [0.4, 0.5) is 13.2 Å². The van der Waals surface area contributed by atoms with Crippen molar-refractivity contribution in [1.29, 1.82) is 0 Å². The number of hydrogen-bond acceptors (Lipinski definition) is 1. The summed E-state index contributed by atoms with van der Waals surface area (Å²) in [4.78, 5) is 0. The summed E-state index contributed by atoms with van der Waals surface area (Å²) >= 11 is 6.01. The molecule has 0 aliphatic heterocycles. The summed E-state index contributed by atoms with van der Waals surface area (Å²) in [5.41, 5.74) is 1.30. The van der Waals surface area contributed by atoms with Gasteiger partial charge in [-0.3, -0.25) is 0 Å². The minimum absolute atomic E-state index is 0.208. The average Bonchev–Trinajstić information content (AvgIpc) is 2.35. The first-order chi connectivity index (χ1) is 9.92. The van der Waals surface area contributed by atoms with Crippen LogP contribution in [-0.2, 0) is 0 Å². The van der Waals surface area contributed by atoms with Crippen molar-refractivity contribution in [3.8, 4) is 0 Å². The van der Waals surface area contributed by atoms with Gasteiger partial charge in [-0.25, -0.2) is 13.2 Å². The van der Waals surface area contributed by atoms with Crippen molar-refractivity contribution in [3.63, 3.8) is 0 Å². The van der Waals surface area contributed by atoms with Crippen molar-refractivity contribution >= 4 is 11.6 Å². The molecular formula is C16H15ClF3N. The topological polar surface area (TPSA) is 12.0 Å². The van der Waals surface area contributed by atoms with E-state index in [4.69, 9.17) is 11.6 Å². The van der Waals surface area contributed by atoms with E-state index in [0.29, 0.717) is 29.3 Å². The fourth-order valence-corrected chi connectivity index (χ4v) is 2.65. The Bertz CT molecular complexity index is 615. The second-order valence-corrected chi connectivity index (χ2v) is 5.27. The van der Waals surface area contributed by atoms with Gasteiger partial charge in [-0.2, -0.15) is 0 Å². The van der Waals surface area contributed by atoms with Crippen LogP contribution in [0, 0.1) is 24.4 Å².